The summed E-state index contributed by atoms with van der Waals surface area (Å²) in [6, 6.07) is 5.87. The zero-order valence-corrected chi connectivity index (χ0v) is 16.3. The molecule has 11 nitrogen and oxygen atoms in total. The fourth-order valence-electron chi connectivity index (χ4n) is 2.59. The van der Waals surface area contributed by atoms with Crippen molar-refractivity contribution in [2.75, 3.05) is 31.4 Å². The minimum absolute atomic E-state index is 0.176. The van der Waals surface area contributed by atoms with E-state index >= 15 is 0 Å². The first-order chi connectivity index (χ1) is 14.0. The maximum atomic E-state index is 9.58. The molecule has 0 aliphatic carbocycles. The standard InChI is InChI=1S/C18H17N11/c1-11-13(9-20)17(28(3)4)25-15(21-2)14(11)26-27-16-12(8-19)10-24-29(16)18-22-6-5-7-23-18/h5-7,10H,1-4H3,(H,21,25). The van der Waals surface area contributed by atoms with E-state index in [4.69, 9.17) is 0 Å². The molecule has 3 heterocycles. The molecular weight excluding hydrogens is 370 g/mol. The van der Waals surface area contributed by atoms with Gasteiger partial charge in [0.25, 0.3) is 5.95 Å². The monoisotopic (exact) mass is 387 g/mol. The maximum absolute atomic E-state index is 9.58. The number of nitriles is 2. The van der Waals surface area contributed by atoms with Gasteiger partial charge in [-0.15, -0.1) is 10.2 Å². The zero-order chi connectivity index (χ0) is 21.0. The Morgan fingerprint density at radius 3 is 2.45 bits per heavy atom. The van der Waals surface area contributed by atoms with E-state index in [-0.39, 0.29) is 17.3 Å². The van der Waals surface area contributed by atoms with E-state index in [0.717, 1.165) is 0 Å². The molecule has 0 amide bonds. The van der Waals surface area contributed by atoms with Gasteiger partial charge in [0, 0.05) is 39.1 Å². The van der Waals surface area contributed by atoms with Gasteiger partial charge in [-0.25, -0.2) is 15.0 Å². The quantitative estimate of drug-likeness (QED) is 0.658. The molecule has 29 heavy (non-hydrogen) atoms. The van der Waals surface area contributed by atoms with Crippen molar-refractivity contribution in [3.8, 4) is 18.1 Å². The van der Waals surface area contributed by atoms with Crippen LogP contribution in [0.2, 0.25) is 0 Å². The number of nitrogens with one attached hydrogen (secondary N) is 1. The van der Waals surface area contributed by atoms with E-state index in [9.17, 15) is 10.5 Å². The molecule has 3 aromatic rings. The van der Waals surface area contributed by atoms with Crippen LogP contribution >= 0.6 is 0 Å². The summed E-state index contributed by atoms with van der Waals surface area (Å²) in [6.07, 6.45) is 4.48. The highest BCUT2D eigenvalue weighted by Crippen LogP contribution is 2.35. The number of rotatable bonds is 5. The first kappa shape index (κ1) is 19.4. The van der Waals surface area contributed by atoms with E-state index in [0.29, 0.717) is 28.5 Å². The number of nitrogens with zero attached hydrogens (tertiary/aromatic N) is 10. The third-order valence-electron chi connectivity index (χ3n) is 4.02. The number of azo groups is 1. The molecule has 0 saturated carbocycles. The van der Waals surface area contributed by atoms with Crippen molar-refractivity contribution in [2.24, 2.45) is 10.2 Å². The Labute approximate surface area is 167 Å². The number of hydrogen-bond acceptors (Lipinski definition) is 10. The van der Waals surface area contributed by atoms with Crippen molar-refractivity contribution >= 4 is 23.1 Å². The van der Waals surface area contributed by atoms with Gasteiger partial charge in [-0.3, -0.25) is 0 Å². The molecule has 0 aromatic carbocycles. The van der Waals surface area contributed by atoms with Gasteiger partial charge in [0.2, 0.25) is 0 Å². The van der Waals surface area contributed by atoms with Crippen LogP contribution in [0.3, 0.4) is 0 Å². The van der Waals surface area contributed by atoms with Crippen LogP contribution in [-0.4, -0.2) is 45.9 Å². The maximum Gasteiger partial charge on any atom is 0.252 e. The predicted molar refractivity (Wildman–Crippen MR) is 106 cm³/mol. The molecule has 0 atom stereocenters. The molecule has 3 aromatic heterocycles. The fraction of sp³-hybridized carbons (Fsp3) is 0.222. The van der Waals surface area contributed by atoms with Crippen LogP contribution < -0.4 is 10.2 Å². The zero-order valence-electron chi connectivity index (χ0n) is 16.3. The molecule has 144 valence electrons. The first-order valence-electron chi connectivity index (χ1n) is 8.48. The summed E-state index contributed by atoms with van der Waals surface area (Å²) >= 11 is 0. The molecule has 0 unspecified atom stereocenters. The second kappa shape index (κ2) is 8.10. The normalized spacial score (nSPS) is 10.6. The SMILES string of the molecule is CNc1nc(N(C)C)c(C#N)c(C)c1N=Nc1c(C#N)cnn1-c1ncccn1. The smallest absolute Gasteiger partial charge is 0.252 e. The summed E-state index contributed by atoms with van der Waals surface area (Å²) in [5.74, 6) is 1.41. The Bertz CT molecular complexity index is 1150. The minimum Gasteiger partial charge on any atom is -0.371 e. The van der Waals surface area contributed by atoms with Crippen LogP contribution in [0.25, 0.3) is 5.95 Å². The van der Waals surface area contributed by atoms with E-state index in [1.807, 2.05) is 6.07 Å². The number of aromatic nitrogens is 5. The second-order valence-electron chi connectivity index (χ2n) is 6.04. The summed E-state index contributed by atoms with van der Waals surface area (Å²) in [6.45, 7) is 1.77. The molecule has 0 fully saturated rings. The number of anilines is 2. The van der Waals surface area contributed by atoms with Gasteiger partial charge in [-0.05, 0) is 13.0 Å². The van der Waals surface area contributed by atoms with Gasteiger partial charge >= 0.3 is 0 Å². The lowest BCUT2D eigenvalue weighted by Gasteiger charge is -2.17. The highest BCUT2D eigenvalue weighted by molar-refractivity contribution is 5.74. The molecule has 11 heteroatoms. The van der Waals surface area contributed by atoms with Crippen molar-refractivity contribution in [3.05, 3.63) is 41.3 Å². The average Bonchev–Trinajstić information content (AvgIpc) is 3.15. The molecule has 0 saturated heterocycles. The number of hydrogen-bond donors (Lipinski definition) is 1. The predicted octanol–water partition coefficient (Wildman–Crippen LogP) is 2.63. The van der Waals surface area contributed by atoms with E-state index in [1.165, 1.54) is 10.9 Å². The van der Waals surface area contributed by atoms with Crippen molar-refractivity contribution < 1.29 is 0 Å². The molecule has 1 N–H and O–H groups in total. The Balaban J connectivity index is 2.16. The van der Waals surface area contributed by atoms with Crippen LogP contribution in [0.1, 0.15) is 16.7 Å². The Hall–Kier alpha value is -4.38. The summed E-state index contributed by atoms with van der Waals surface area (Å²) in [5.41, 5.74) is 1.60. The van der Waals surface area contributed by atoms with E-state index in [1.54, 1.807) is 51.4 Å². The van der Waals surface area contributed by atoms with Gasteiger partial charge in [-0.1, -0.05) is 0 Å². The Kier molecular flexibility index (Phi) is 5.42. The topological polar surface area (TPSA) is 144 Å². The fourth-order valence-corrected chi connectivity index (χ4v) is 2.59. The summed E-state index contributed by atoms with van der Waals surface area (Å²) in [5, 5.41) is 34.6. The summed E-state index contributed by atoms with van der Waals surface area (Å²) in [4.78, 5) is 14.5. The van der Waals surface area contributed by atoms with Gasteiger partial charge in [0.05, 0.1) is 11.8 Å². The lowest BCUT2D eigenvalue weighted by molar-refractivity contribution is 0.803. The third kappa shape index (κ3) is 3.57. The van der Waals surface area contributed by atoms with E-state index < -0.39 is 0 Å². The highest BCUT2D eigenvalue weighted by Gasteiger charge is 2.19. The van der Waals surface area contributed by atoms with Crippen molar-refractivity contribution in [1.29, 1.82) is 10.5 Å². The average molecular weight is 387 g/mol. The van der Waals surface area contributed by atoms with Gasteiger partial charge in [0.1, 0.15) is 29.2 Å². The van der Waals surface area contributed by atoms with Crippen LogP contribution in [0.5, 0.6) is 0 Å². The second-order valence-corrected chi connectivity index (χ2v) is 6.04. The van der Waals surface area contributed by atoms with Crippen LogP contribution in [-0.2, 0) is 0 Å². The lowest BCUT2D eigenvalue weighted by atomic mass is 10.1. The van der Waals surface area contributed by atoms with E-state index in [2.05, 4.69) is 41.7 Å². The minimum atomic E-state index is 0.176. The summed E-state index contributed by atoms with van der Waals surface area (Å²) < 4.78 is 1.32. The van der Waals surface area contributed by atoms with Crippen molar-refractivity contribution in [1.82, 2.24) is 24.7 Å². The number of pyridine rings is 1. The highest BCUT2D eigenvalue weighted by atomic mass is 15.4. The van der Waals surface area contributed by atoms with Crippen LogP contribution in [0.4, 0.5) is 23.1 Å². The molecule has 0 spiro atoms. The third-order valence-corrected chi connectivity index (χ3v) is 4.02. The summed E-state index contributed by atoms with van der Waals surface area (Å²) in [7, 11) is 5.32. The Morgan fingerprint density at radius 1 is 1.14 bits per heavy atom. The Morgan fingerprint density at radius 2 is 1.86 bits per heavy atom. The largest absolute Gasteiger partial charge is 0.371 e. The van der Waals surface area contributed by atoms with Crippen LogP contribution in [0.15, 0.2) is 34.9 Å². The molecule has 0 aliphatic rings. The molecular formula is C18H17N11. The van der Waals surface area contributed by atoms with Crippen molar-refractivity contribution in [2.45, 2.75) is 6.92 Å². The lowest BCUT2D eigenvalue weighted by Crippen LogP contribution is -2.14. The first-order valence-corrected chi connectivity index (χ1v) is 8.48. The molecule has 3 rings (SSSR count). The van der Waals surface area contributed by atoms with Gasteiger partial charge < -0.3 is 10.2 Å². The van der Waals surface area contributed by atoms with Crippen LogP contribution in [0, 0.1) is 29.6 Å². The molecule has 0 radical (unpaired) electrons. The molecule has 0 aliphatic heterocycles. The van der Waals surface area contributed by atoms with Gasteiger partial charge in [0.15, 0.2) is 11.6 Å². The van der Waals surface area contributed by atoms with Gasteiger partial charge in [-0.2, -0.15) is 20.3 Å². The van der Waals surface area contributed by atoms with Crippen molar-refractivity contribution in [3.63, 3.8) is 0 Å². The molecule has 0 bridgehead atoms.